The minimum Gasteiger partial charge on any atom is -0.467 e. The number of nitrogens with zero attached hydrogens (tertiary/aromatic N) is 3. The van der Waals surface area contributed by atoms with Crippen LogP contribution >= 0.6 is 12.4 Å². The summed E-state index contributed by atoms with van der Waals surface area (Å²) in [5.74, 6) is 0.174. The van der Waals surface area contributed by atoms with Gasteiger partial charge in [-0.25, -0.2) is 9.98 Å². The number of rotatable bonds is 8. The molecule has 0 aromatic heterocycles. The first-order valence-corrected chi connectivity index (χ1v) is 9.65. The van der Waals surface area contributed by atoms with Crippen molar-refractivity contribution in [2.45, 2.75) is 19.3 Å². The van der Waals surface area contributed by atoms with Gasteiger partial charge in [0.15, 0.2) is 0 Å². The molecule has 0 saturated carbocycles. The first-order valence-electron chi connectivity index (χ1n) is 9.65. The molecule has 0 atom stereocenters. The van der Waals surface area contributed by atoms with Gasteiger partial charge in [-0.3, -0.25) is 4.79 Å². The maximum Gasteiger partial charge on any atom is 0.293 e. The van der Waals surface area contributed by atoms with Gasteiger partial charge in [-0.1, -0.05) is 48.5 Å². The zero-order valence-corrected chi connectivity index (χ0v) is 18.2. The van der Waals surface area contributed by atoms with Crippen molar-refractivity contribution in [2.75, 3.05) is 40.3 Å². The van der Waals surface area contributed by atoms with Gasteiger partial charge in [-0.15, -0.1) is 12.4 Å². The molecule has 0 bridgehead atoms. The van der Waals surface area contributed by atoms with Gasteiger partial charge in [0.25, 0.3) is 6.47 Å². The maximum atomic E-state index is 10.4. The molecule has 0 fully saturated rings. The number of carbonyl (C=O) groups excluding carboxylic acids is 1. The first kappa shape index (κ1) is 24.6. The van der Waals surface area contributed by atoms with Crippen LogP contribution in [0.5, 0.6) is 0 Å². The molecule has 5 nitrogen and oxygen atoms in total. The molecule has 6 heteroatoms. The van der Waals surface area contributed by atoms with E-state index in [1.165, 1.54) is 22.3 Å². The van der Waals surface area contributed by atoms with Crippen LogP contribution in [0.1, 0.15) is 30.4 Å². The third-order valence-electron chi connectivity index (χ3n) is 4.47. The van der Waals surface area contributed by atoms with E-state index >= 15 is 0 Å². The molecular weight excluding hydrogens is 386 g/mol. The van der Waals surface area contributed by atoms with Gasteiger partial charge in [0.05, 0.1) is 12.6 Å². The second-order valence-electron chi connectivity index (χ2n) is 6.77. The van der Waals surface area contributed by atoms with E-state index in [1.807, 2.05) is 31.2 Å². The van der Waals surface area contributed by atoms with Crippen molar-refractivity contribution < 1.29 is 9.53 Å². The van der Waals surface area contributed by atoms with Gasteiger partial charge in [0.1, 0.15) is 6.61 Å². The molecule has 29 heavy (non-hydrogen) atoms. The maximum absolute atomic E-state index is 10.4. The molecular formula is C23H30ClN3O2. The summed E-state index contributed by atoms with van der Waals surface area (Å²) < 4.78 is 4.95. The number of aliphatic imine (C=N–C) groups is 2. The Labute approximate surface area is 179 Å². The lowest BCUT2D eigenvalue weighted by Gasteiger charge is -2.11. The molecule has 0 heterocycles. The zero-order chi connectivity index (χ0) is 20.2. The van der Waals surface area contributed by atoms with Crippen molar-refractivity contribution in [3.05, 3.63) is 59.7 Å². The van der Waals surface area contributed by atoms with Crippen molar-refractivity contribution in [2.24, 2.45) is 9.98 Å². The van der Waals surface area contributed by atoms with Crippen LogP contribution < -0.4 is 0 Å². The minimum atomic E-state index is 0. The Balaban J connectivity index is 0.000000310. The first-order chi connectivity index (χ1) is 13.7. The van der Waals surface area contributed by atoms with Crippen LogP contribution in [0.4, 0.5) is 0 Å². The quantitative estimate of drug-likeness (QED) is 0.361. The minimum absolute atomic E-state index is 0. The Morgan fingerprint density at radius 1 is 1.03 bits per heavy atom. The van der Waals surface area contributed by atoms with E-state index in [9.17, 15) is 4.79 Å². The molecule has 2 aromatic carbocycles. The second-order valence-corrected chi connectivity index (χ2v) is 6.77. The highest BCUT2D eigenvalue weighted by Crippen LogP contribution is 2.44. The standard InChI is InChI=1S/C15H12O2.C8H17N3.ClH/c16-10-17-9-15-13-7-3-1-5-11(13)12-6-2-4-8-14(12)15;1-4-9-8-10-6-5-7-11(2)3;/h1-8,10,15H,9H2;4-7H2,1-3H3;1H. The topological polar surface area (TPSA) is 54.3 Å². The lowest BCUT2D eigenvalue weighted by Crippen LogP contribution is -2.13. The van der Waals surface area contributed by atoms with Crippen LogP contribution in [-0.2, 0) is 9.53 Å². The fraction of sp³-hybridized carbons (Fsp3) is 0.391. The highest BCUT2D eigenvalue weighted by atomic mass is 35.5. The molecule has 0 aliphatic heterocycles. The number of hydrogen-bond donors (Lipinski definition) is 0. The Hall–Kier alpha value is -2.46. The molecule has 2 aromatic rings. The summed E-state index contributed by atoms with van der Waals surface area (Å²) in [5, 5.41) is 0. The molecule has 3 rings (SSSR count). The van der Waals surface area contributed by atoms with Gasteiger partial charge in [-0.05, 0) is 56.2 Å². The summed E-state index contributed by atoms with van der Waals surface area (Å²) in [4.78, 5) is 20.4. The SMILES string of the molecule is CCN=C=NCCCN(C)C.Cl.O=COCC1c2ccccc2-c2ccccc21. The summed E-state index contributed by atoms with van der Waals surface area (Å²) >= 11 is 0. The second kappa shape index (κ2) is 13.7. The lowest BCUT2D eigenvalue weighted by molar-refractivity contribution is -0.128. The molecule has 1 aliphatic rings. The van der Waals surface area contributed by atoms with Gasteiger partial charge in [0, 0.05) is 12.5 Å². The predicted octanol–water partition coefficient (Wildman–Crippen LogP) is 4.53. The average Bonchev–Trinajstić information content (AvgIpc) is 3.03. The predicted molar refractivity (Wildman–Crippen MR) is 121 cm³/mol. The molecule has 0 unspecified atom stereocenters. The molecule has 156 valence electrons. The largest absolute Gasteiger partial charge is 0.467 e. The van der Waals surface area contributed by atoms with Crippen LogP contribution in [0.2, 0.25) is 0 Å². The number of hydrogen-bond acceptors (Lipinski definition) is 5. The van der Waals surface area contributed by atoms with Crippen LogP contribution in [0.3, 0.4) is 0 Å². The van der Waals surface area contributed by atoms with Crippen LogP contribution in [0, 0.1) is 0 Å². The fourth-order valence-corrected chi connectivity index (χ4v) is 3.21. The molecule has 0 spiro atoms. The number of carbonyl (C=O) groups is 1. The Morgan fingerprint density at radius 2 is 1.62 bits per heavy atom. The van der Waals surface area contributed by atoms with Crippen LogP contribution in [-0.4, -0.2) is 57.7 Å². The number of benzene rings is 2. The van der Waals surface area contributed by atoms with E-state index in [0.717, 1.165) is 26.1 Å². The number of halogens is 1. The van der Waals surface area contributed by atoms with E-state index in [4.69, 9.17) is 4.74 Å². The fourth-order valence-electron chi connectivity index (χ4n) is 3.21. The Bertz CT molecular complexity index is 772. The molecule has 1 aliphatic carbocycles. The normalized spacial score (nSPS) is 11.2. The van der Waals surface area contributed by atoms with E-state index in [-0.39, 0.29) is 18.3 Å². The molecule has 0 amide bonds. The van der Waals surface area contributed by atoms with Gasteiger partial charge >= 0.3 is 0 Å². The zero-order valence-electron chi connectivity index (χ0n) is 17.4. The smallest absolute Gasteiger partial charge is 0.293 e. The van der Waals surface area contributed by atoms with Crippen LogP contribution in [0.15, 0.2) is 58.5 Å². The lowest BCUT2D eigenvalue weighted by atomic mass is 9.98. The molecule has 0 saturated heterocycles. The van der Waals surface area contributed by atoms with Crippen molar-refractivity contribution in [3.63, 3.8) is 0 Å². The van der Waals surface area contributed by atoms with Crippen molar-refractivity contribution in [3.8, 4) is 11.1 Å². The van der Waals surface area contributed by atoms with E-state index in [1.54, 1.807) is 0 Å². The van der Waals surface area contributed by atoms with Crippen LogP contribution in [0.25, 0.3) is 11.1 Å². The van der Waals surface area contributed by atoms with Gasteiger partial charge in [-0.2, -0.15) is 0 Å². The molecule has 0 N–H and O–H groups in total. The summed E-state index contributed by atoms with van der Waals surface area (Å²) in [6, 6.07) is 19.2. The number of ether oxygens (including phenoxy) is 1. The monoisotopic (exact) mass is 415 g/mol. The Kier molecular flexibility index (Phi) is 11.6. The third-order valence-corrected chi connectivity index (χ3v) is 4.47. The summed E-state index contributed by atoms with van der Waals surface area (Å²) in [6.07, 6.45) is 1.08. The van der Waals surface area contributed by atoms with E-state index in [2.05, 4.69) is 59.3 Å². The highest BCUT2D eigenvalue weighted by Gasteiger charge is 2.28. The van der Waals surface area contributed by atoms with Gasteiger partial charge in [0.2, 0.25) is 0 Å². The Morgan fingerprint density at radius 3 is 2.14 bits per heavy atom. The summed E-state index contributed by atoms with van der Waals surface area (Å²) in [6.45, 7) is 5.60. The van der Waals surface area contributed by atoms with E-state index in [0.29, 0.717) is 13.1 Å². The van der Waals surface area contributed by atoms with Crippen molar-refractivity contribution in [1.82, 2.24) is 4.90 Å². The molecule has 0 radical (unpaired) electrons. The number of fused-ring (bicyclic) bond motifs is 3. The third kappa shape index (κ3) is 7.47. The van der Waals surface area contributed by atoms with Crippen molar-refractivity contribution in [1.29, 1.82) is 0 Å². The summed E-state index contributed by atoms with van der Waals surface area (Å²) in [5.41, 5.74) is 5.00. The van der Waals surface area contributed by atoms with Gasteiger partial charge < -0.3 is 9.64 Å². The average molecular weight is 416 g/mol. The van der Waals surface area contributed by atoms with E-state index < -0.39 is 0 Å². The summed E-state index contributed by atoms with van der Waals surface area (Å²) in [7, 11) is 4.12. The van der Waals surface area contributed by atoms with Crippen molar-refractivity contribution >= 4 is 24.9 Å². The highest BCUT2D eigenvalue weighted by molar-refractivity contribution is 5.85.